The summed E-state index contributed by atoms with van der Waals surface area (Å²) < 4.78 is 8.97. The third-order valence-corrected chi connectivity index (χ3v) is 5.58. The van der Waals surface area contributed by atoms with Crippen LogP contribution in [-0.2, 0) is 17.8 Å². The van der Waals surface area contributed by atoms with Gasteiger partial charge in [-0.1, -0.05) is 16.9 Å². The van der Waals surface area contributed by atoms with Crippen LogP contribution in [0.2, 0.25) is 0 Å². The summed E-state index contributed by atoms with van der Waals surface area (Å²) in [5.74, 6) is 1.92. The van der Waals surface area contributed by atoms with E-state index in [1.807, 2.05) is 49.0 Å². The summed E-state index contributed by atoms with van der Waals surface area (Å²) >= 11 is 1.33. The van der Waals surface area contributed by atoms with Gasteiger partial charge in [0.05, 0.1) is 5.75 Å². The molecule has 0 aliphatic rings. The van der Waals surface area contributed by atoms with Crippen LogP contribution in [0.25, 0.3) is 5.82 Å². The maximum atomic E-state index is 12.9. The lowest BCUT2D eigenvalue weighted by Crippen LogP contribution is -2.13. The number of thioether (sulfide) groups is 1. The number of nitrogens with two attached hydrogens (primary N) is 1. The molecule has 0 aromatic carbocycles. The van der Waals surface area contributed by atoms with Gasteiger partial charge in [0.1, 0.15) is 11.6 Å². The van der Waals surface area contributed by atoms with Crippen molar-refractivity contribution in [2.24, 2.45) is 5.73 Å². The van der Waals surface area contributed by atoms with Gasteiger partial charge in [-0.15, -0.1) is 10.2 Å². The first-order valence-corrected chi connectivity index (χ1v) is 10.3. The van der Waals surface area contributed by atoms with E-state index in [0.29, 0.717) is 41.1 Å². The van der Waals surface area contributed by atoms with E-state index in [-0.39, 0.29) is 23.9 Å². The Morgan fingerprint density at radius 3 is 2.59 bits per heavy atom. The van der Waals surface area contributed by atoms with E-state index in [9.17, 15) is 9.59 Å². The highest BCUT2D eigenvalue weighted by Gasteiger charge is 2.20. The minimum Gasteiger partial charge on any atom is -0.370 e. The van der Waals surface area contributed by atoms with Gasteiger partial charge in [-0.3, -0.25) is 14.2 Å². The summed E-state index contributed by atoms with van der Waals surface area (Å²) in [6, 6.07) is 3.70. The van der Waals surface area contributed by atoms with Crippen LogP contribution in [0.15, 0.2) is 21.8 Å². The van der Waals surface area contributed by atoms with Gasteiger partial charge in [0, 0.05) is 42.4 Å². The Hall–Kier alpha value is -2.88. The van der Waals surface area contributed by atoms with Crippen molar-refractivity contribution in [2.75, 3.05) is 5.75 Å². The molecule has 0 saturated heterocycles. The van der Waals surface area contributed by atoms with Gasteiger partial charge in [-0.2, -0.15) is 0 Å². The van der Waals surface area contributed by atoms with E-state index in [4.69, 9.17) is 10.3 Å². The average molecular weight is 417 g/mol. The number of rotatable bonds is 9. The normalized spacial score (nSPS) is 11.2. The van der Waals surface area contributed by atoms with Crippen LogP contribution < -0.4 is 5.73 Å². The molecule has 0 atom stereocenters. The fourth-order valence-electron chi connectivity index (χ4n) is 3.23. The Kier molecular flexibility index (Phi) is 6.21. The van der Waals surface area contributed by atoms with E-state index in [0.717, 1.165) is 11.4 Å². The summed E-state index contributed by atoms with van der Waals surface area (Å²) in [5.41, 5.74) is 7.59. The standard InChI is InChI=1S/C19H24N6O3S/c1-5-24-17(7-6-16(20)27)21-22-19(24)29-10-15(26)14-8-11(2)25(13(14)4)18-9-12(3)28-23-18/h8-9H,5-7,10H2,1-4H3,(H2,20,27). The average Bonchev–Trinajstić information content (AvgIpc) is 3.35. The molecule has 3 aromatic heterocycles. The quantitative estimate of drug-likeness (QED) is 0.420. The van der Waals surface area contributed by atoms with Crippen LogP contribution in [-0.4, -0.2) is 41.9 Å². The van der Waals surface area contributed by atoms with Gasteiger partial charge in [-0.25, -0.2) is 0 Å². The number of carbonyl (C=O) groups excluding carboxylic acids is 2. The maximum absolute atomic E-state index is 12.9. The first kappa shape index (κ1) is 20.8. The molecule has 0 aliphatic carbocycles. The van der Waals surface area contributed by atoms with Crippen molar-refractivity contribution in [1.82, 2.24) is 24.5 Å². The molecular weight excluding hydrogens is 392 g/mol. The van der Waals surface area contributed by atoms with Crippen molar-refractivity contribution in [3.63, 3.8) is 0 Å². The number of amides is 1. The fraction of sp³-hybridized carbons (Fsp3) is 0.421. The van der Waals surface area contributed by atoms with Crippen LogP contribution in [0, 0.1) is 20.8 Å². The first-order chi connectivity index (χ1) is 13.8. The van der Waals surface area contributed by atoms with Crippen molar-refractivity contribution in [3.05, 3.63) is 40.7 Å². The Labute approximate surface area is 172 Å². The molecule has 2 N–H and O–H groups in total. The molecule has 0 aliphatic heterocycles. The molecule has 0 unspecified atom stereocenters. The van der Waals surface area contributed by atoms with E-state index < -0.39 is 0 Å². The molecule has 29 heavy (non-hydrogen) atoms. The van der Waals surface area contributed by atoms with Crippen molar-refractivity contribution >= 4 is 23.5 Å². The molecule has 0 spiro atoms. The van der Waals surface area contributed by atoms with Crippen LogP contribution in [0.3, 0.4) is 0 Å². The lowest BCUT2D eigenvalue weighted by molar-refractivity contribution is -0.118. The highest BCUT2D eigenvalue weighted by atomic mass is 32.2. The molecule has 0 fully saturated rings. The minimum atomic E-state index is -0.377. The third-order valence-electron chi connectivity index (χ3n) is 4.61. The molecule has 154 valence electrons. The molecule has 3 aromatic rings. The second-order valence-corrected chi connectivity index (χ2v) is 7.68. The Bertz CT molecular complexity index is 1050. The predicted molar refractivity (Wildman–Crippen MR) is 108 cm³/mol. The van der Waals surface area contributed by atoms with Crippen LogP contribution in [0.4, 0.5) is 0 Å². The summed E-state index contributed by atoms with van der Waals surface area (Å²) in [5, 5.41) is 13.0. The molecule has 10 heteroatoms. The molecule has 0 saturated carbocycles. The van der Waals surface area contributed by atoms with E-state index >= 15 is 0 Å². The summed E-state index contributed by atoms with van der Waals surface area (Å²) in [6.45, 7) is 8.27. The highest BCUT2D eigenvalue weighted by molar-refractivity contribution is 7.99. The van der Waals surface area contributed by atoms with Gasteiger partial charge in [-0.05, 0) is 33.8 Å². The van der Waals surface area contributed by atoms with Gasteiger partial charge in [0.25, 0.3) is 0 Å². The Morgan fingerprint density at radius 1 is 1.21 bits per heavy atom. The van der Waals surface area contributed by atoms with Crippen LogP contribution in [0.5, 0.6) is 0 Å². The predicted octanol–water partition coefficient (Wildman–Crippen LogP) is 2.39. The highest BCUT2D eigenvalue weighted by Crippen LogP contribution is 2.24. The second kappa shape index (κ2) is 8.64. The topological polar surface area (TPSA) is 122 Å². The zero-order chi connectivity index (χ0) is 21.1. The number of ketones is 1. The molecule has 9 nitrogen and oxygen atoms in total. The zero-order valence-corrected chi connectivity index (χ0v) is 17.7. The van der Waals surface area contributed by atoms with Crippen molar-refractivity contribution in [3.8, 4) is 5.82 Å². The summed E-state index contributed by atoms with van der Waals surface area (Å²) in [7, 11) is 0. The summed E-state index contributed by atoms with van der Waals surface area (Å²) in [4.78, 5) is 23.9. The zero-order valence-electron chi connectivity index (χ0n) is 16.9. The number of hydrogen-bond acceptors (Lipinski definition) is 7. The van der Waals surface area contributed by atoms with Gasteiger partial charge >= 0.3 is 0 Å². The smallest absolute Gasteiger partial charge is 0.217 e. The first-order valence-electron chi connectivity index (χ1n) is 9.30. The number of hydrogen-bond donors (Lipinski definition) is 1. The number of aryl methyl sites for hydroxylation is 3. The molecule has 0 radical (unpaired) electrons. The van der Waals surface area contributed by atoms with E-state index in [1.165, 1.54) is 11.8 Å². The molecule has 0 bridgehead atoms. The number of nitrogens with zero attached hydrogens (tertiary/aromatic N) is 5. The number of primary amides is 1. The van der Waals surface area contributed by atoms with Crippen molar-refractivity contribution < 1.29 is 14.1 Å². The Morgan fingerprint density at radius 2 is 1.97 bits per heavy atom. The lowest BCUT2D eigenvalue weighted by Gasteiger charge is -2.07. The van der Waals surface area contributed by atoms with Gasteiger partial charge in [0.15, 0.2) is 16.8 Å². The molecule has 3 rings (SSSR count). The molecule has 1 amide bonds. The van der Waals surface area contributed by atoms with E-state index in [2.05, 4.69) is 15.4 Å². The number of Topliss-reactive ketones (excluding diaryl/α,β-unsaturated/α-hetero) is 1. The van der Waals surface area contributed by atoms with Crippen LogP contribution in [0.1, 0.15) is 46.7 Å². The van der Waals surface area contributed by atoms with Gasteiger partial charge < -0.3 is 14.8 Å². The van der Waals surface area contributed by atoms with Crippen molar-refractivity contribution in [2.45, 2.75) is 52.2 Å². The third kappa shape index (κ3) is 4.42. The number of carbonyl (C=O) groups is 2. The Balaban J connectivity index is 1.74. The minimum absolute atomic E-state index is 0.00101. The van der Waals surface area contributed by atoms with Gasteiger partial charge in [0.2, 0.25) is 5.91 Å². The fourth-order valence-corrected chi connectivity index (χ4v) is 4.13. The van der Waals surface area contributed by atoms with Crippen LogP contribution >= 0.6 is 11.8 Å². The monoisotopic (exact) mass is 416 g/mol. The SMILES string of the molecule is CCn1c(CCC(N)=O)nnc1SCC(=O)c1cc(C)n(-c2cc(C)on2)c1C. The lowest BCUT2D eigenvalue weighted by atomic mass is 10.2. The molecular formula is C19H24N6O3S. The second-order valence-electron chi connectivity index (χ2n) is 6.74. The number of aromatic nitrogens is 5. The molecule has 3 heterocycles. The largest absolute Gasteiger partial charge is 0.370 e. The maximum Gasteiger partial charge on any atom is 0.217 e. The van der Waals surface area contributed by atoms with Crippen molar-refractivity contribution in [1.29, 1.82) is 0 Å². The summed E-state index contributed by atoms with van der Waals surface area (Å²) in [6.07, 6.45) is 0.651. The van der Waals surface area contributed by atoms with E-state index in [1.54, 1.807) is 0 Å².